The van der Waals surface area contributed by atoms with Crippen LogP contribution in [0.25, 0.3) is 0 Å². The number of rotatable bonds is 15. The lowest BCUT2D eigenvalue weighted by Crippen LogP contribution is -2.64. The lowest BCUT2D eigenvalue weighted by Gasteiger charge is -2.45. The molecule has 0 aliphatic carbocycles. The fourth-order valence-corrected chi connectivity index (χ4v) is 7.75. The number of aliphatic hydroxyl groups excluding tert-OH is 1. The number of hydrogen-bond donors (Lipinski definition) is 1. The second-order valence-corrected chi connectivity index (χ2v) is 16.0. The molecule has 0 radical (unpaired) electrons. The molecule has 1 N–H and O–H groups in total. The molecule has 1 unspecified atom stereocenters. The summed E-state index contributed by atoms with van der Waals surface area (Å²) in [5.74, 6) is -5.36. The summed E-state index contributed by atoms with van der Waals surface area (Å²) >= 11 is 0. The Bertz CT molecular complexity index is 2520. The zero-order chi connectivity index (χ0) is 49.0. The second kappa shape index (κ2) is 22.9. The molecule has 2 fully saturated rings. The summed E-state index contributed by atoms with van der Waals surface area (Å²) in [6.45, 7) is 0.834. The van der Waals surface area contributed by atoms with Gasteiger partial charge in [0, 0.05) is 0 Å². The van der Waals surface area contributed by atoms with E-state index in [1.165, 1.54) is 79.7 Å². The minimum absolute atomic E-state index is 0.0730. The van der Waals surface area contributed by atoms with Gasteiger partial charge in [0.2, 0.25) is 0 Å². The van der Waals surface area contributed by atoms with Gasteiger partial charge in [-0.25, -0.2) is 28.8 Å². The Balaban J connectivity index is 1.15. The molecule has 2 saturated heterocycles. The molecule has 6 aromatic carbocycles. The zero-order valence-electron chi connectivity index (χ0n) is 37.4. The molecule has 0 saturated carbocycles. The third-order valence-electron chi connectivity index (χ3n) is 11.3. The van der Waals surface area contributed by atoms with Crippen LogP contribution in [0.1, 0.15) is 69.1 Å². The third-order valence-corrected chi connectivity index (χ3v) is 11.3. The van der Waals surface area contributed by atoms with Gasteiger partial charge in [0.1, 0.15) is 6.10 Å². The van der Waals surface area contributed by atoms with Crippen molar-refractivity contribution in [2.75, 3.05) is 6.61 Å². The van der Waals surface area contributed by atoms with Crippen LogP contribution in [0.3, 0.4) is 0 Å². The maximum Gasteiger partial charge on any atom is 0.338 e. The first kappa shape index (κ1) is 48.4. The lowest BCUT2D eigenvalue weighted by molar-refractivity contribution is -0.319. The van der Waals surface area contributed by atoms with Gasteiger partial charge in [-0.2, -0.15) is 0 Å². The number of ether oxygens (including phenoxy) is 9. The van der Waals surface area contributed by atoms with E-state index in [4.69, 9.17) is 42.6 Å². The van der Waals surface area contributed by atoms with Crippen LogP contribution in [-0.4, -0.2) is 109 Å². The average molecular weight is 951 g/mol. The summed E-state index contributed by atoms with van der Waals surface area (Å²) in [7, 11) is 0. The van der Waals surface area contributed by atoms with E-state index in [0.29, 0.717) is 0 Å². The summed E-state index contributed by atoms with van der Waals surface area (Å²) in [6.07, 6.45) is -16.4. The summed E-state index contributed by atoms with van der Waals surface area (Å²) in [4.78, 5) is 82.9. The molecule has 70 heavy (non-hydrogen) atoms. The van der Waals surface area contributed by atoms with Gasteiger partial charge in [-0.05, 0) is 79.7 Å². The van der Waals surface area contributed by atoms with Gasteiger partial charge in [0.15, 0.2) is 49.2 Å². The van der Waals surface area contributed by atoms with Crippen LogP contribution in [0.4, 0.5) is 0 Å². The van der Waals surface area contributed by atoms with Gasteiger partial charge < -0.3 is 47.7 Å². The van der Waals surface area contributed by atoms with E-state index in [9.17, 15) is 33.9 Å². The van der Waals surface area contributed by atoms with Crippen LogP contribution >= 0.6 is 0 Å². The fraction of sp³-hybridized carbons (Fsp3) is 0.222. The Morgan fingerprint density at radius 3 is 0.986 bits per heavy atom. The van der Waals surface area contributed by atoms with Gasteiger partial charge >= 0.3 is 35.8 Å². The second-order valence-electron chi connectivity index (χ2n) is 16.0. The van der Waals surface area contributed by atoms with E-state index in [-0.39, 0.29) is 33.4 Å². The largest absolute Gasteiger partial charge is 0.452 e. The van der Waals surface area contributed by atoms with Crippen LogP contribution in [0.2, 0.25) is 0 Å². The molecular weight excluding hydrogens is 905 g/mol. The van der Waals surface area contributed by atoms with Gasteiger partial charge in [-0.3, -0.25) is 0 Å². The molecule has 16 nitrogen and oxygen atoms in total. The highest BCUT2D eigenvalue weighted by Gasteiger charge is 2.55. The van der Waals surface area contributed by atoms with E-state index in [2.05, 4.69) is 0 Å². The molecule has 6 aromatic rings. The molecular formula is C54H46O16. The molecule has 0 spiro atoms. The molecule has 2 aliphatic rings. The van der Waals surface area contributed by atoms with Crippen molar-refractivity contribution in [1.29, 1.82) is 0 Å². The number of carbonyl (C=O) groups is 6. The first-order valence-corrected chi connectivity index (χ1v) is 22.2. The molecule has 10 atom stereocenters. The van der Waals surface area contributed by atoms with Crippen molar-refractivity contribution in [3.63, 3.8) is 0 Å². The van der Waals surface area contributed by atoms with E-state index in [0.717, 1.165) is 0 Å². The number of carbonyl (C=O) groups excluding carboxylic acids is 6. The number of hydrogen-bond acceptors (Lipinski definition) is 16. The van der Waals surface area contributed by atoms with E-state index >= 15 is 0 Å². The van der Waals surface area contributed by atoms with Crippen molar-refractivity contribution in [3.8, 4) is 0 Å². The number of esters is 6. The average Bonchev–Trinajstić information content (AvgIpc) is 3.40. The standard InChI is InChI=1S/C54H46O16/c1-33-41(65-47(55)34-20-8-2-9-21-34)43(67-49(57)36-24-12-4-13-25-36)46(70-52(60)39-30-18-7-19-31-39)54(63-33)62-32-40-42(66-48(56)35-22-10-3-11-23-35)44(68-50(58)37-26-14-5-15-27-37)45(53(61)64-40)69-51(59)38-28-16-6-17-29-38/h2-31,33,40-46,53-54,61H,32H2,1H3/t33-,40-,41-,42-,43+,44+,45-,46?,53-,54-/m1/s1. The van der Waals surface area contributed by atoms with Crippen LogP contribution < -0.4 is 0 Å². The quantitative estimate of drug-likeness (QED) is 0.0828. The molecule has 0 bridgehead atoms. The van der Waals surface area contributed by atoms with Crippen molar-refractivity contribution in [3.05, 3.63) is 215 Å². The Morgan fingerprint density at radius 2 is 0.643 bits per heavy atom. The number of aliphatic hydroxyl groups is 1. The first-order valence-electron chi connectivity index (χ1n) is 22.2. The molecule has 2 heterocycles. The smallest absolute Gasteiger partial charge is 0.338 e. The Labute approximate surface area is 401 Å². The molecule has 2 aliphatic heterocycles. The molecule has 8 rings (SSSR count). The monoisotopic (exact) mass is 950 g/mol. The topological polar surface area (TPSA) is 206 Å². The third kappa shape index (κ3) is 11.8. The molecule has 358 valence electrons. The molecule has 0 amide bonds. The zero-order valence-corrected chi connectivity index (χ0v) is 37.4. The maximum atomic E-state index is 14.0. The summed E-state index contributed by atoms with van der Waals surface area (Å²) in [5.41, 5.74) is 0.613. The summed E-state index contributed by atoms with van der Waals surface area (Å²) in [6, 6.07) is 47.3. The highest BCUT2D eigenvalue weighted by molar-refractivity contribution is 5.92. The fourth-order valence-electron chi connectivity index (χ4n) is 7.75. The minimum Gasteiger partial charge on any atom is -0.452 e. The van der Waals surface area contributed by atoms with Crippen LogP contribution in [0.15, 0.2) is 182 Å². The Morgan fingerprint density at radius 1 is 0.371 bits per heavy atom. The van der Waals surface area contributed by atoms with Gasteiger partial charge in [0.05, 0.1) is 46.1 Å². The Hall–Kier alpha value is -8.02. The normalized spacial score (nSPS) is 23.9. The predicted molar refractivity (Wildman–Crippen MR) is 245 cm³/mol. The van der Waals surface area contributed by atoms with Crippen molar-refractivity contribution in [1.82, 2.24) is 0 Å². The van der Waals surface area contributed by atoms with Gasteiger partial charge in [0.25, 0.3) is 0 Å². The number of benzene rings is 6. The van der Waals surface area contributed by atoms with Crippen molar-refractivity contribution < 1.29 is 76.5 Å². The SMILES string of the molecule is C[C@H]1O[C@@H](OC[C@H]2O[C@@H](O)[C@H](OC(=O)c3ccccc3)[C@@H](OC(=O)c3ccccc3)[C@@H]2OC(=O)c2ccccc2)C(OC(=O)c2ccccc2)[C@@H](OC(=O)c2ccccc2)[C@@H]1OC(=O)c1ccccc1. The van der Waals surface area contributed by atoms with Gasteiger partial charge in [-0.15, -0.1) is 0 Å². The summed E-state index contributed by atoms with van der Waals surface area (Å²) in [5, 5.41) is 11.7. The molecule has 16 heteroatoms. The molecule has 0 aromatic heterocycles. The lowest BCUT2D eigenvalue weighted by atomic mass is 9.97. The maximum absolute atomic E-state index is 14.0. The van der Waals surface area contributed by atoms with Crippen molar-refractivity contribution in [2.45, 2.75) is 68.3 Å². The van der Waals surface area contributed by atoms with Crippen molar-refractivity contribution in [2.24, 2.45) is 0 Å². The first-order chi connectivity index (χ1) is 34.0. The predicted octanol–water partition coefficient (Wildman–Crippen LogP) is 6.82. The van der Waals surface area contributed by atoms with Crippen molar-refractivity contribution >= 4 is 35.8 Å². The van der Waals surface area contributed by atoms with Crippen LogP contribution in [0.5, 0.6) is 0 Å². The Kier molecular flexibility index (Phi) is 15.8. The van der Waals surface area contributed by atoms with E-state index < -0.39 is 104 Å². The highest BCUT2D eigenvalue weighted by Crippen LogP contribution is 2.34. The van der Waals surface area contributed by atoms with Gasteiger partial charge in [-0.1, -0.05) is 109 Å². The van der Waals surface area contributed by atoms with Crippen LogP contribution in [-0.2, 0) is 42.6 Å². The van der Waals surface area contributed by atoms with E-state index in [1.807, 2.05) is 0 Å². The summed E-state index contributed by atoms with van der Waals surface area (Å²) < 4.78 is 54.8. The highest BCUT2D eigenvalue weighted by atomic mass is 16.7. The van der Waals surface area contributed by atoms with Crippen LogP contribution in [0, 0.1) is 0 Å². The minimum atomic E-state index is -2.04. The van der Waals surface area contributed by atoms with E-state index in [1.54, 1.807) is 109 Å².